The Morgan fingerprint density at radius 3 is 2.85 bits per heavy atom. The van der Waals surface area contributed by atoms with Crippen molar-refractivity contribution in [2.24, 2.45) is 0 Å². The quantitative estimate of drug-likeness (QED) is 0.769. The van der Waals surface area contributed by atoms with E-state index in [9.17, 15) is 4.79 Å². The number of anilines is 2. The molecule has 1 N–H and O–H groups in total. The van der Waals surface area contributed by atoms with E-state index in [2.05, 4.69) is 15.2 Å². The van der Waals surface area contributed by atoms with E-state index in [1.165, 1.54) is 0 Å². The van der Waals surface area contributed by atoms with Gasteiger partial charge < -0.3 is 24.1 Å². The SMILES string of the molecule is O=C(Nc1ccc2c(c1)CCO2)c1ccc2oc(N3CCOCC3)nc2c1. The zero-order valence-electron chi connectivity index (χ0n) is 14.7. The van der Waals surface area contributed by atoms with E-state index in [0.29, 0.717) is 42.5 Å². The van der Waals surface area contributed by atoms with Crippen molar-refractivity contribution < 1.29 is 18.7 Å². The van der Waals surface area contributed by atoms with Crippen LogP contribution in [0.3, 0.4) is 0 Å². The Hall–Kier alpha value is -3.06. The molecule has 1 fully saturated rings. The predicted molar refractivity (Wildman–Crippen MR) is 101 cm³/mol. The summed E-state index contributed by atoms with van der Waals surface area (Å²) in [6.07, 6.45) is 0.869. The molecule has 2 aliphatic heterocycles. The lowest BCUT2D eigenvalue weighted by molar-refractivity contribution is 0.102. The monoisotopic (exact) mass is 365 g/mol. The van der Waals surface area contributed by atoms with E-state index in [0.717, 1.165) is 36.5 Å². The molecule has 27 heavy (non-hydrogen) atoms. The van der Waals surface area contributed by atoms with Gasteiger partial charge in [0.2, 0.25) is 0 Å². The fraction of sp³-hybridized carbons (Fsp3) is 0.300. The predicted octanol–water partition coefficient (Wildman–Crippen LogP) is 2.85. The molecule has 7 heteroatoms. The highest BCUT2D eigenvalue weighted by molar-refractivity contribution is 6.06. The molecule has 1 saturated heterocycles. The van der Waals surface area contributed by atoms with E-state index in [4.69, 9.17) is 13.9 Å². The van der Waals surface area contributed by atoms with Crippen LogP contribution in [0.4, 0.5) is 11.7 Å². The highest BCUT2D eigenvalue weighted by Gasteiger charge is 2.18. The van der Waals surface area contributed by atoms with Crippen molar-refractivity contribution in [3.63, 3.8) is 0 Å². The van der Waals surface area contributed by atoms with Gasteiger partial charge in [0.1, 0.15) is 11.3 Å². The molecule has 2 aliphatic rings. The van der Waals surface area contributed by atoms with Gasteiger partial charge in [-0.05, 0) is 42.0 Å². The second-order valence-electron chi connectivity index (χ2n) is 6.65. The maximum atomic E-state index is 12.6. The van der Waals surface area contributed by atoms with Crippen LogP contribution >= 0.6 is 0 Å². The van der Waals surface area contributed by atoms with Gasteiger partial charge in [-0.1, -0.05) is 0 Å². The Bertz CT molecular complexity index is 1010. The zero-order chi connectivity index (χ0) is 18.2. The fourth-order valence-electron chi connectivity index (χ4n) is 3.41. The van der Waals surface area contributed by atoms with Crippen molar-refractivity contribution in [3.05, 3.63) is 47.5 Å². The van der Waals surface area contributed by atoms with Crippen LogP contribution < -0.4 is 15.0 Å². The summed E-state index contributed by atoms with van der Waals surface area (Å²) in [5.41, 5.74) is 3.77. The second kappa shape index (κ2) is 6.59. The smallest absolute Gasteiger partial charge is 0.298 e. The van der Waals surface area contributed by atoms with Gasteiger partial charge in [-0.25, -0.2) is 0 Å². The zero-order valence-corrected chi connectivity index (χ0v) is 14.7. The molecule has 0 saturated carbocycles. The third-order valence-electron chi connectivity index (χ3n) is 4.87. The molecule has 3 aromatic rings. The largest absolute Gasteiger partial charge is 0.493 e. The van der Waals surface area contributed by atoms with Crippen LogP contribution in [-0.2, 0) is 11.2 Å². The molecule has 0 spiro atoms. The molecule has 1 amide bonds. The van der Waals surface area contributed by atoms with Crippen LogP contribution in [0.25, 0.3) is 11.1 Å². The lowest BCUT2D eigenvalue weighted by atomic mass is 10.1. The number of aromatic nitrogens is 1. The number of carbonyl (C=O) groups excluding carboxylic acids is 1. The van der Waals surface area contributed by atoms with Gasteiger partial charge in [-0.15, -0.1) is 0 Å². The number of nitrogens with zero attached hydrogens (tertiary/aromatic N) is 2. The summed E-state index contributed by atoms with van der Waals surface area (Å²) in [6.45, 7) is 3.53. The summed E-state index contributed by atoms with van der Waals surface area (Å²) >= 11 is 0. The fourth-order valence-corrected chi connectivity index (χ4v) is 3.41. The van der Waals surface area contributed by atoms with E-state index < -0.39 is 0 Å². The number of morpholine rings is 1. The third-order valence-corrected chi connectivity index (χ3v) is 4.87. The van der Waals surface area contributed by atoms with Gasteiger partial charge in [-0.2, -0.15) is 4.98 Å². The highest BCUT2D eigenvalue weighted by atomic mass is 16.5. The molecule has 2 aromatic carbocycles. The van der Waals surface area contributed by atoms with Crippen LogP contribution in [0.5, 0.6) is 5.75 Å². The van der Waals surface area contributed by atoms with E-state index in [1.807, 2.05) is 18.2 Å². The molecule has 0 atom stereocenters. The molecule has 0 unspecified atom stereocenters. The first-order valence-corrected chi connectivity index (χ1v) is 9.07. The maximum absolute atomic E-state index is 12.6. The van der Waals surface area contributed by atoms with Crippen molar-refractivity contribution in [2.75, 3.05) is 43.1 Å². The van der Waals surface area contributed by atoms with Crippen molar-refractivity contribution in [1.82, 2.24) is 4.98 Å². The number of hydrogen-bond acceptors (Lipinski definition) is 6. The number of benzene rings is 2. The summed E-state index contributed by atoms with van der Waals surface area (Å²) in [7, 11) is 0. The van der Waals surface area contributed by atoms with Gasteiger partial charge in [0.25, 0.3) is 11.9 Å². The topological polar surface area (TPSA) is 76.8 Å². The summed E-state index contributed by atoms with van der Waals surface area (Å²) in [6, 6.07) is 11.6. The van der Waals surface area contributed by atoms with Crippen LogP contribution in [0.1, 0.15) is 15.9 Å². The average molecular weight is 365 g/mol. The van der Waals surface area contributed by atoms with Crippen LogP contribution in [0.15, 0.2) is 40.8 Å². The minimum Gasteiger partial charge on any atom is -0.493 e. The number of nitrogens with one attached hydrogen (secondary N) is 1. The lowest BCUT2D eigenvalue weighted by Crippen LogP contribution is -2.36. The Labute approximate surface area is 155 Å². The van der Waals surface area contributed by atoms with Gasteiger partial charge in [-0.3, -0.25) is 4.79 Å². The molecular weight excluding hydrogens is 346 g/mol. The molecule has 0 bridgehead atoms. The molecule has 0 radical (unpaired) electrons. The Balaban J connectivity index is 1.36. The number of oxazole rings is 1. The molecule has 3 heterocycles. The first kappa shape index (κ1) is 16.1. The average Bonchev–Trinajstić information content (AvgIpc) is 3.34. The third kappa shape index (κ3) is 3.10. The summed E-state index contributed by atoms with van der Waals surface area (Å²) < 4.78 is 16.7. The van der Waals surface area contributed by atoms with Gasteiger partial charge in [0.15, 0.2) is 5.58 Å². The minimum absolute atomic E-state index is 0.174. The number of fused-ring (bicyclic) bond motifs is 2. The van der Waals surface area contributed by atoms with Crippen molar-refractivity contribution in [2.45, 2.75) is 6.42 Å². The molecular formula is C20H19N3O4. The van der Waals surface area contributed by atoms with Gasteiger partial charge >= 0.3 is 0 Å². The number of hydrogen-bond donors (Lipinski definition) is 1. The lowest BCUT2D eigenvalue weighted by Gasteiger charge is -2.24. The first-order chi connectivity index (χ1) is 13.3. The molecule has 0 aliphatic carbocycles. The van der Waals surface area contributed by atoms with Crippen molar-refractivity contribution >= 4 is 28.7 Å². The second-order valence-corrected chi connectivity index (χ2v) is 6.65. The molecule has 7 nitrogen and oxygen atoms in total. The van der Waals surface area contributed by atoms with Crippen molar-refractivity contribution in [1.29, 1.82) is 0 Å². The van der Waals surface area contributed by atoms with E-state index in [-0.39, 0.29) is 5.91 Å². The van der Waals surface area contributed by atoms with Gasteiger partial charge in [0, 0.05) is 30.8 Å². The summed E-state index contributed by atoms with van der Waals surface area (Å²) in [5.74, 6) is 0.722. The van der Waals surface area contributed by atoms with E-state index in [1.54, 1.807) is 18.2 Å². The molecule has 138 valence electrons. The van der Waals surface area contributed by atoms with E-state index >= 15 is 0 Å². The molecule has 1 aromatic heterocycles. The normalized spacial score (nSPS) is 16.2. The van der Waals surface area contributed by atoms with Crippen molar-refractivity contribution in [3.8, 4) is 5.75 Å². The van der Waals surface area contributed by atoms with Crippen LogP contribution in [-0.4, -0.2) is 43.8 Å². The standard InChI is InChI=1S/C20H19N3O4/c24-19(21-15-2-4-17-13(11-15)5-8-26-17)14-1-3-18-16(12-14)22-20(27-18)23-6-9-25-10-7-23/h1-4,11-12H,5-10H2,(H,21,24). The van der Waals surface area contributed by atoms with Gasteiger partial charge in [0.05, 0.1) is 19.8 Å². The Morgan fingerprint density at radius 2 is 1.96 bits per heavy atom. The number of ether oxygens (including phenoxy) is 2. The number of carbonyl (C=O) groups is 1. The molecule has 5 rings (SSSR count). The Kier molecular flexibility index (Phi) is 3.94. The van der Waals surface area contributed by atoms with Crippen LogP contribution in [0, 0.1) is 0 Å². The Morgan fingerprint density at radius 1 is 1.07 bits per heavy atom. The summed E-state index contributed by atoms with van der Waals surface area (Å²) in [4.78, 5) is 19.2. The maximum Gasteiger partial charge on any atom is 0.298 e. The number of amides is 1. The minimum atomic E-state index is -0.174. The summed E-state index contributed by atoms with van der Waals surface area (Å²) in [5, 5.41) is 2.94. The van der Waals surface area contributed by atoms with Crippen LogP contribution in [0.2, 0.25) is 0 Å². The first-order valence-electron chi connectivity index (χ1n) is 9.07. The highest BCUT2D eigenvalue weighted by Crippen LogP contribution is 2.28. The number of rotatable bonds is 3.